The summed E-state index contributed by atoms with van der Waals surface area (Å²) in [5.74, 6) is -0.0337. The summed E-state index contributed by atoms with van der Waals surface area (Å²) in [5.41, 5.74) is 1.47. The molecule has 1 amide bonds. The largest absolute Gasteiger partial charge is 0.311 e. The van der Waals surface area contributed by atoms with Crippen LogP contribution in [0.3, 0.4) is 0 Å². The van der Waals surface area contributed by atoms with Crippen LogP contribution in [0, 0.1) is 17.0 Å². The average Bonchev–Trinajstić information content (AvgIpc) is 2.58. The molecule has 1 saturated heterocycles. The van der Waals surface area contributed by atoms with Gasteiger partial charge in [0.25, 0.3) is 5.69 Å². The number of amides is 1. The van der Waals surface area contributed by atoms with Gasteiger partial charge in [-0.1, -0.05) is 6.07 Å². The number of aryl methyl sites for hydroxylation is 1. The second-order valence-corrected chi connectivity index (χ2v) is 4.82. The van der Waals surface area contributed by atoms with Crippen LogP contribution in [0.25, 0.3) is 0 Å². The molecule has 0 bridgehead atoms. The van der Waals surface area contributed by atoms with Gasteiger partial charge < -0.3 is 4.90 Å². The molecule has 1 atom stereocenters. The molecule has 17 heavy (non-hydrogen) atoms. The molecule has 0 aliphatic carbocycles. The third-order valence-electron chi connectivity index (χ3n) is 2.80. The number of nitro benzene ring substituents is 1. The highest BCUT2D eigenvalue weighted by Crippen LogP contribution is 2.30. The molecule has 1 aromatic carbocycles. The Morgan fingerprint density at radius 2 is 2.24 bits per heavy atom. The van der Waals surface area contributed by atoms with Crippen LogP contribution in [-0.4, -0.2) is 22.6 Å². The first-order valence-corrected chi connectivity index (χ1v) is 5.74. The molecule has 1 fully saturated rings. The number of nitrogens with zero attached hydrogens (tertiary/aromatic N) is 2. The summed E-state index contributed by atoms with van der Waals surface area (Å²) < 4.78 is 0. The fourth-order valence-electron chi connectivity index (χ4n) is 1.92. The Balaban J connectivity index is 2.41. The summed E-state index contributed by atoms with van der Waals surface area (Å²) >= 11 is 4.27. The third-order valence-corrected chi connectivity index (χ3v) is 3.14. The van der Waals surface area contributed by atoms with Gasteiger partial charge in [0.15, 0.2) is 0 Å². The fraction of sp³-hybridized carbons (Fsp3) is 0.364. The van der Waals surface area contributed by atoms with Crippen molar-refractivity contribution in [3.05, 3.63) is 33.9 Å². The number of carbonyl (C=O) groups excluding carboxylic acids is 1. The molecule has 1 aliphatic rings. The Morgan fingerprint density at radius 3 is 2.76 bits per heavy atom. The van der Waals surface area contributed by atoms with Crippen LogP contribution < -0.4 is 4.90 Å². The van der Waals surface area contributed by atoms with Gasteiger partial charge in [-0.3, -0.25) is 14.9 Å². The Hall–Kier alpha value is -1.56. The van der Waals surface area contributed by atoms with E-state index >= 15 is 0 Å². The van der Waals surface area contributed by atoms with Crippen molar-refractivity contribution in [2.45, 2.75) is 18.6 Å². The van der Waals surface area contributed by atoms with Crippen molar-refractivity contribution >= 4 is 29.9 Å². The summed E-state index contributed by atoms with van der Waals surface area (Å²) in [7, 11) is 0. The maximum absolute atomic E-state index is 11.7. The van der Waals surface area contributed by atoms with Crippen LogP contribution in [0.4, 0.5) is 11.4 Å². The van der Waals surface area contributed by atoms with E-state index < -0.39 is 4.92 Å². The van der Waals surface area contributed by atoms with Crippen LogP contribution >= 0.6 is 12.6 Å². The van der Waals surface area contributed by atoms with Gasteiger partial charge in [-0.05, 0) is 12.5 Å². The van der Waals surface area contributed by atoms with Gasteiger partial charge in [-0.25, -0.2) is 0 Å². The zero-order valence-electron chi connectivity index (χ0n) is 9.29. The molecule has 0 spiro atoms. The predicted octanol–water partition coefficient (Wildman–Crippen LogP) is 1.94. The molecule has 0 radical (unpaired) electrons. The molecular weight excluding hydrogens is 240 g/mol. The van der Waals surface area contributed by atoms with Gasteiger partial charge in [0.05, 0.1) is 10.6 Å². The highest BCUT2D eigenvalue weighted by molar-refractivity contribution is 7.81. The van der Waals surface area contributed by atoms with Crippen molar-refractivity contribution in [3.8, 4) is 0 Å². The van der Waals surface area contributed by atoms with Gasteiger partial charge in [0, 0.05) is 30.3 Å². The lowest BCUT2D eigenvalue weighted by atomic mass is 10.1. The normalized spacial score (nSPS) is 19.8. The summed E-state index contributed by atoms with van der Waals surface area (Å²) in [4.78, 5) is 23.6. The van der Waals surface area contributed by atoms with E-state index in [1.165, 1.54) is 12.1 Å². The maximum Gasteiger partial charge on any atom is 0.271 e. The van der Waals surface area contributed by atoms with E-state index in [4.69, 9.17) is 0 Å². The van der Waals surface area contributed by atoms with Gasteiger partial charge in [-0.2, -0.15) is 12.6 Å². The Kier molecular flexibility index (Phi) is 3.06. The van der Waals surface area contributed by atoms with Crippen molar-refractivity contribution in [2.24, 2.45) is 0 Å². The Bertz CT molecular complexity index is 490. The molecular formula is C11H12N2O3S. The lowest BCUT2D eigenvalue weighted by Gasteiger charge is -2.18. The molecule has 90 valence electrons. The summed E-state index contributed by atoms with van der Waals surface area (Å²) in [5, 5.41) is 10.7. The maximum atomic E-state index is 11.7. The number of non-ortho nitro benzene ring substituents is 1. The van der Waals surface area contributed by atoms with Crippen molar-refractivity contribution < 1.29 is 9.72 Å². The topological polar surface area (TPSA) is 63.5 Å². The lowest BCUT2D eigenvalue weighted by Crippen LogP contribution is -2.25. The molecule has 0 saturated carbocycles. The van der Waals surface area contributed by atoms with Crippen molar-refractivity contribution in [1.82, 2.24) is 0 Å². The number of hydrogen-bond donors (Lipinski definition) is 1. The zero-order chi connectivity index (χ0) is 12.6. The first-order chi connectivity index (χ1) is 7.99. The highest BCUT2D eigenvalue weighted by atomic mass is 32.1. The smallest absolute Gasteiger partial charge is 0.271 e. The second-order valence-electron chi connectivity index (χ2n) is 4.09. The van der Waals surface area contributed by atoms with E-state index in [2.05, 4.69) is 12.6 Å². The fourth-order valence-corrected chi connectivity index (χ4v) is 2.24. The number of hydrogen-bond acceptors (Lipinski definition) is 4. The second kappa shape index (κ2) is 4.37. The zero-order valence-corrected chi connectivity index (χ0v) is 10.2. The monoisotopic (exact) mass is 252 g/mol. The third kappa shape index (κ3) is 2.26. The van der Waals surface area contributed by atoms with Crippen LogP contribution in [0.2, 0.25) is 0 Å². The van der Waals surface area contributed by atoms with Crippen LogP contribution in [0.5, 0.6) is 0 Å². The quantitative estimate of drug-likeness (QED) is 0.497. The van der Waals surface area contributed by atoms with Crippen molar-refractivity contribution in [1.29, 1.82) is 0 Å². The van der Waals surface area contributed by atoms with Gasteiger partial charge >= 0.3 is 0 Å². The van der Waals surface area contributed by atoms with Gasteiger partial charge in [0.1, 0.15) is 0 Å². The summed E-state index contributed by atoms with van der Waals surface area (Å²) in [6.07, 6.45) is 0.380. The molecule has 1 unspecified atom stereocenters. The van der Waals surface area contributed by atoms with E-state index in [0.717, 1.165) is 5.56 Å². The van der Waals surface area contributed by atoms with E-state index in [1.54, 1.807) is 11.0 Å². The number of rotatable bonds is 2. The molecule has 1 aliphatic heterocycles. The number of thiol groups is 1. The first kappa shape index (κ1) is 11.9. The summed E-state index contributed by atoms with van der Waals surface area (Å²) in [6.45, 7) is 2.34. The SMILES string of the molecule is Cc1ccc([N+](=O)[O-])cc1N1CC(S)CC1=O. The van der Waals surface area contributed by atoms with E-state index in [1.807, 2.05) is 6.92 Å². The highest BCUT2D eigenvalue weighted by Gasteiger charge is 2.29. The van der Waals surface area contributed by atoms with E-state index in [-0.39, 0.29) is 16.8 Å². The standard InChI is InChI=1S/C11H12N2O3S/c1-7-2-3-8(13(15)16)4-10(7)12-6-9(17)5-11(12)14/h2-4,9,17H,5-6H2,1H3. The molecule has 5 nitrogen and oxygen atoms in total. The number of benzene rings is 1. The predicted molar refractivity (Wildman–Crippen MR) is 67.6 cm³/mol. The van der Waals surface area contributed by atoms with Crippen LogP contribution in [0.1, 0.15) is 12.0 Å². The number of nitro groups is 1. The first-order valence-electron chi connectivity index (χ1n) is 5.22. The van der Waals surface area contributed by atoms with E-state index in [9.17, 15) is 14.9 Å². The number of carbonyl (C=O) groups is 1. The minimum Gasteiger partial charge on any atom is -0.311 e. The Labute approximate surface area is 104 Å². The Morgan fingerprint density at radius 1 is 1.53 bits per heavy atom. The number of anilines is 1. The molecule has 6 heteroatoms. The average molecular weight is 252 g/mol. The lowest BCUT2D eigenvalue weighted by molar-refractivity contribution is -0.384. The van der Waals surface area contributed by atoms with Crippen molar-refractivity contribution in [2.75, 3.05) is 11.4 Å². The molecule has 1 aromatic rings. The van der Waals surface area contributed by atoms with Crippen LogP contribution in [0.15, 0.2) is 18.2 Å². The molecule has 0 aromatic heterocycles. The van der Waals surface area contributed by atoms with Gasteiger partial charge in [-0.15, -0.1) is 0 Å². The summed E-state index contributed by atoms with van der Waals surface area (Å²) in [6, 6.07) is 4.54. The van der Waals surface area contributed by atoms with Gasteiger partial charge in [0.2, 0.25) is 5.91 Å². The van der Waals surface area contributed by atoms with E-state index in [0.29, 0.717) is 18.7 Å². The minimum atomic E-state index is -0.457. The van der Waals surface area contributed by atoms with Crippen molar-refractivity contribution in [3.63, 3.8) is 0 Å². The minimum absolute atomic E-state index is 0.000939. The molecule has 1 heterocycles. The molecule has 0 N–H and O–H groups in total. The van der Waals surface area contributed by atoms with Crippen LogP contribution in [-0.2, 0) is 4.79 Å². The molecule has 2 rings (SSSR count).